The fraction of sp³-hybridized carbons (Fsp3) is 0.550. The first kappa shape index (κ1) is 14.2. The lowest BCUT2D eigenvalue weighted by Crippen LogP contribution is -2.36. The van der Waals surface area contributed by atoms with Crippen molar-refractivity contribution in [1.82, 2.24) is 4.90 Å². The lowest BCUT2D eigenvalue weighted by molar-refractivity contribution is -0.114. The molecule has 0 N–H and O–H groups in total. The summed E-state index contributed by atoms with van der Waals surface area (Å²) < 4.78 is 0. The van der Waals surface area contributed by atoms with E-state index in [1.807, 2.05) is 0 Å². The van der Waals surface area contributed by atoms with Crippen molar-refractivity contribution >= 4 is 11.4 Å². The van der Waals surface area contributed by atoms with Gasteiger partial charge in [-0.25, -0.2) is 0 Å². The average Bonchev–Trinajstić information content (AvgIpc) is 2.52. The lowest BCUT2D eigenvalue weighted by atomic mass is 9.70. The summed E-state index contributed by atoms with van der Waals surface area (Å²) in [5.41, 5.74) is 8.30. The van der Waals surface area contributed by atoms with Gasteiger partial charge in [-0.2, -0.15) is 0 Å². The van der Waals surface area contributed by atoms with E-state index >= 15 is 0 Å². The average molecular weight is 295 g/mol. The van der Waals surface area contributed by atoms with Crippen molar-refractivity contribution < 1.29 is 4.79 Å². The molecular formula is C20H25NO. The third kappa shape index (κ3) is 2.00. The topological polar surface area (TPSA) is 20.3 Å². The van der Waals surface area contributed by atoms with Crippen LogP contribution in [0, 0.1) is 0 Å². The number of ketones is 1. The molecule has 2 aliphatic carbocycles. The Morgan fingerprint density at radius 2 is 2.09 bits per heavy atom. The number of fused-ring (bicyclic) bond motifs is 1. The van der Waals surface area contributed by atoms with Crippen molar-refractivity contribution in [3.63, 3.8) is 0 Å². The van der Waals surface area contributed by atoms with Crippen LogP contribution in [0.5, 0.6) is 0 Å². The molecule has 1 unspecified atom stereocenters. The highest BCUT2D eigenvalue weighted by atomic mass is 16.1. The number of Topliss-reactive ketones (excluding diaryl/α,β-unsaturated/α-hetero) is 1. The number of hydrogen-bond acceptors (Lipinski definition) is 2. The Labute approximate surface area is 133 Å². The summed E-state index contributed by atoms with van der Waals surface area (Å²) in [6.07, 6.45) is 7.35. The number of nitrogens with zero attached hydrogens (tertiary/aromatic N) is 1. The molecule has 1 aliphatic heterocycles. The number of allylic oxidation sites excluding steroid dienone is 1. The molecule has 0 saturated heterocycles. The van der Waals surface area contributed by atoms with Crippen LogP contribution in [0.25, 0.3) is 5.57 Å². The highest BCUT2D eigenvalue weighted by Crippen LogP contribution is 2.48. The number of aryl methyl sites for hydroxylation is 1. The van der Waals surface area contributed by atoms with E-state index in [4.69, 9.17) is 0 Å². The summed E-state index contributed by atoms with van der Waals surface area (Å²) in [5.74, 6) is 0.402. The number of carbonyl (C=O) groups excluding carboxylic acids is 1. The Hall–Kier alpha value is -1.41. The smallest absolute Gasteiger partial charge is 0.163 e. The van der Waals surface area contributed by atoms with Crippen LogP contribution in [0.4, 0.5) is 0 Å². The van der Waals surface area contributed by atoms with Gasteiger partial charge in [-0.05, 0) is 61.4 Å². The monoisotopic (exact) mass is 295 g/mol. The minimum Gasteiger partial charge on any atom is -0.299 e. The maximum atomic E-state index is 12.7. The summed E-state index contributed by atoms with van der Waals surface area (Å²) in [6, 6.07) is 5.14. The molecule has 0 bridgehead atoms. The third-order valence-electron chi connectivity index (χ3n) is 5.75. The van der Waals surface area contributed by atoms with Gasteiger partial charge in [0.05, 0.1) is 0 Å². The van der Waals surface area contributed by atoms with E-state index in [-0.39, 0.29) is 0 Å². The van der Waals surface area contributed by atoms with Crippen LogP contribution in [-0.2, 0) is 17.6 Å². The molecule has 0 amide bonds. The van der Waals surface area contributed by atoms with Crippen molar-refractivity contribution in [2.75, 3.05) is 13.6 Å². The minimum absolute atomic E-state index is 0.402. The molecule has 0 radical (unpaired) electrons. The Morgan fingerprint density at radius 1 is 1.23 bits per heavy atom. The Balaban J connectivity index is 1.99. The van der Waals surface area contributed by atoms with E-state index in [1.54, 1.807) is 0 Å². The fourth-order valence-corrected chi connectivity index (χ4v) is 4.67. The molecule has 22 heavy (non-hydrogen) atoms. The van der Waals surface area contributed by atoms with E-state index in [0.717, 1.165) is 57.1 Å². The molecule has 116 valence electrons. The Bertz CT molecular complexity index is 671. The molecule has 2 nitrogen and oxygen atoms in total. The molecule has 0 fully saturated rings. The number of likely N-dealkylation sites (N-methyl/N-ethyl adjacent to an activating group) is 1. The highest BCUT2D eigenvalue weighted by Gasteiger charge is 2.37. The summed E-state index contributed by atoms with van der Waals surface area (Å²) in [4.78, 5) is 15.2. The van der Waals surface area contributed by atoms with E-state index in [0.29, 0.717) is 11.8 Å². The zero-order chi connectivity index (χ0) is 15.3. The first-order valence-corrected chi connectivity index (χ1v) is 8.81. The predicted octanol–water partition coefficient (Wildman–Crippen LogP) is 4.08. The van der Waals surface area contributed by atoms with Crippen LogP contribution < -0.4 is 0 Å². The molecule has 0 saturated carbocycles. The normalized spacial score (nSPS) is 24.3. The zero-order valence-electron chi connectivity index (χ0n) is 13.7. The van der Waals surface area contributed by atoms with Crippen molar-refractivity contribution in [3.05, 3.63) is 40.0 Å². The summed E-state index contributed by atoms with van der Waals surface area (Å²) in [5, 5.41) is 0. The van der Waals surface area contributed by atoms with Gasteiger partial charge in [0.25, 0.3) is 0 Å². The van der Waals surface area contributed by atoms with Gasteiger partial charge in [0.15, 0.2) is 5.78 Å². The van der Waals surface area contributed by atoms with E-state index in [2.05, 4.69) is 31.0 Å². The second kappa shape index (κ2) is 5.34. The standard InChI is InChI=1S/C20H25NO/c1-3-5-13-8-9-14-10-11-21(2)16-12-15-6-4-7-17(22)19(15)20(13)18(14)16/h8-9,16H,3-7,10-12H2,1-2H3. The Kier molecular flexibility index (Phi) is 3.45. The predicted molar refractivity (Wildman–Crippen MR) is 89.9 cm³/mol. The van der Waals surface area contributed by atoms with Gasteiger partial charge in [-0.15, -0.1) is 0 Å². The zero-order valence-corrected chi connectivity index (χ0v) is 13.7. The molecular weight excluding hydrogens is 270 g/mol. The van der Waals surface area contributed by atoms with Gasteiger partial charge in [-0.1, -0.05) is 31.1 Å². The number of hydrogen-bond donors (Lipinski definition) is 0. The van der Waals surface area contributed by atoms with Crippen molar-refractivity contribution in [2.45, 2.75) is 57.9 Å². The van der Waals surface area contributed by atoms with Crippen LogP contribution in [-0.4, -0.2) is 24.3 Å². The molecule has 0 aromatic heterocycles. The Morgan fingerprint density at radius 3 is 2.91 bits per heavy atom. The second-order valence-corrected chi connectivity index (χ2v) is 7.13. The van der Waals surface area contributed by atoms with E-state index in [1.165, 1.54) is 27.8 Å². The van der Waals surface area contributed by atoms with Gasteiger partial charge < -0.3 is 0 Å². The molecule has 4 rings (SSSR count). The number of benzene rings is 1. The SMILES string of the molecule is CCCc1ccc2c3c1C1=C(CCCC1=O)CC3N(C)CC2. The molecule has 1 heterocycles. The van der Waals surface area contributed by atoms with Crippen molar-refractivity contribution in [2.24, 2.45) is 0 Å². The quantitative estimate of drug-likeness (QED) is 0.819. The third-order valence-corrected chi connectivity index (χ3v) is 5.75. The molecule has 1 atom stereocenters. The maximum Gasteiger partial charge on any atom is 0.163 e. The van der Waals surface area contributed by atoms with Crippen LogP contribution in [0.15, 0.2) is 17.7 Å². The van der Waals surface area contributed by atoms with Crippen LogP contribution >= 0.6 is 0 Å². The van der Waals surface area contributed by atoms with Crippen LogP contribution in [0.3, 0.4) is 0 Å². The van der Waals surface area contributed by atoms with Gasteiger partial charge in [-0.3, -0.25) is 9.69 Å². The van der Waals surface area contributed by atoms with Gasteiger partial charge >= 0.3 is 0 Å². The van der Waals surface area contributed by atoms with Crippen molar-refractivity contribution in [1.29, 1.82) is 0 Å². The van der Waals surface area contributed by atoms with Crippen LogP contribution in [0.1, 0.15) is 67.3 Å². The highest BCUT2D eigenvalue weighted by molar-refractivity contribution is 6.23. The molecule has 1 aromatic carbocycles. The van der Waals surface area contributed by atoms with Crippen molar-refractivity contribution in [3.8, 4) is 0 Å². The summed E-state index contributed by atoms with van der Waals surface area (Å²) in [6.45, 7) is 3.37. The number of rotatable bonds is 2. The van der Waals surface area contributed by atoms with Gasteiger partial charge in [0.2, 0.25) is 0 Å². The largest absolute Gasteiger partial charge is 0.299 e. The van der Waals surface area contributed by atoms with Gasteiger partial charge in [0, 0.05) is 24.6 Å². The molecule has 2 heteroatoms. The molecule has 0 spiro atoms. The van der Waals surface area contributed by atoms with E-state index < -0.39 is 0 Å². The molecule has 1 aromatic rings. The van der Waals surface area contributed by atoms with Gasteiger partial charge in [0.1, 0.15) is 0 Å². The van der Waals surface area contributed by atoms with E-state index in [9.17, 15) is 4.79 Å². The summed E-state index contributed by atoms with van der Waals surface area (Å²) in [7, 11) is 2.25. The lowest BCUT2D eigenvalue weighted by Gasteiger charge is -2.42. The maximum absolute atomic E-state index is 12.7. The number of carbonyl (C=O) groups is 1. The summed E-state index contributed by atoms with van der Waals surface area (Å²) >= 11 is 0. The minimum atomic E-state index is 0.402. The first-order chi connectivity index (χ1) is 10.7. The first-order valence-electron chi connectivity index (χ1n) is 8.81. The fourth-order valence-electron chi connectivity index (χ4n) is 4.67. The molecule has 3 aliphatic rings. The van der Waals surface area contributed by atoms with Crippen LogP contribution in [0.2, 0.25) is 0 Å². The second-order valence-electron chi connectivity index (χ2n) is 7.13.